The molecule has 1 aliphatic rings. The van der Waals surface area contributed by atoms with E-state index in [0.717, 1.165) is 31.8 Å². The summed E-state index contributed by atoms with van der Waals surface area (Å²) in [7, 11) is 0. The number of quaternary nitrogens is 1. The van der Waals surface area contributed by atoms with Gasteiger partial charge in [0.15, 0.2) is 0 Å². The summed E-state index contributed by atoms with van der Waals surface area (Å²) in [4.78, 5) is 13.7. The van der Waals surface area contributed by atoms with E-state index in [0.29, 0.717) is 16.6 Å². The van der Waals surface area contributed by atoms with Gasteiger partial charge in [0.2, 0.25) is 5.91 Å². The number of nitrogens with one attached hydrogen (secondary N) is 2. The summed E-state index contributed by atoms with van der Waals surface area (Å²) in [6, 6.07) is 15.7. The topological polar surface area (TPSA) is 42.8 Å². The number of rotatable bonds is 6. The Morgan fingerprint density at radius 3 is 2.69 bits per heavy atom. The van der Waals surface area contributed by atoms with Gasteiger partial charge in [-0.15, -0.1) is 0 Å². The van der Waals surface area contributed by atoms with Crippen LogP contribution in [-0.2, 0) is 22.5 Å². The predicted molar refractivity (Wildman–Crippen MR) is 104 cm³/mol. The van der Waals surface area contributed by atoms with Crippen LogP contribution in [0.4, 0.5) is 0 Å². The summed E-state index contributed by atoms with van der Waals surface area (Å²) < 4.78 is 5.81. The molecular weight excluding hydrogens is 371 g/mol. The van der Waals surface area contributed by atoms with Crippen LogP contribution in [-0.4, -0.2) is 38.3 Å². The summed E-state index contributed by atoms with van der Waals surface area (Å²) in [6.07, 6.45) is 0.324. The average molecular weight is 394 g/mol. The molecule has 1 aliphatic heterocycles. The van der Waals surface area contributed by atoms with Crippen molar-refractivity contribution in [2.75, 3.05) is 26.2 Å². The number of ether oxygens (including phenoxy) is 1. The van der Waals surface area contributed by atoms with Crippen molar-refractivity contribution in [2.45, 2.75) is 19.1 Å². The molecule has 0 saturated carbocycles. The smallest absolute Gasteiger partial charge is 0.224 e. The summed E-state index contributed by atoms with van der Waals surface area (Å²) in [5.74, 6) is -0.0397. The normalized spacial score (nSPS) is 19.9. The molecule has 0 bridgehead atoms. The first-order valence-corrected chi connectivity index (χ1v) is 9.55. The lowest BCUT2D eigenvalue weighted by molar-refractivity contribution is -0.925. The fourth-order valence-electron chi connectivity index (χ4n) is 3.15. The van der Waals surface area contributed by atoms with Gasteiger partial charge in [0.05, 0.1) is 23.1 Å². The van der Waals surface area contributed by atoms with Crippen LogP contribution in [0.2, 0.25) is 10.0 Å². The number of carbonyl (C=O) groups excluding carboxylic acids is 1. The van der Waals surface area contributed by atoms with E-state index in [1.54, 1.807) is 12.1 Å². The first-order valence-electron chi connectivity index (χ1n) is 8.80. The Hall–Kier alpha value is -1.59. The molecule has 138 valence electrons. The molecule has 0 radical (unpaired) electrons. The molecule has 1 heterocycles. The van der Waals surface area contributed by atoms with Crippen molar-refractivity contribution in [3.63, 3.8) is 0 Å². The summed E-state index contributed by atoms with van der Waals surface area (Å²) >= 11 is 11.9. The highest BCUT2D eigenvalue weighted by molar-refractivity contribution is 6.42. The molecule has 0 aliphatic carbocycles. The van der Waals surface area contributed by atoms with Crippen LogP contribution in [0.25, 0.3) is 0 Å². The van der Waals surface area contributed by atoms with Crippen LogP contribution in [0.3, 0.4) is 0 Å². The zero-order valence-corrected chi connectivity index (χ0v) is 16.0. The Balaban J connectivity index is 1.44. The second kappa shape index (κ2) is 9.38. The molecule has 4 nitrogen and oxygen atoms in total. The van der Waals surface area contributed by atoms with Gasteiger partial charge in [0, 0.05) is 12.1 Å². The number of hydrogen-bond donors (Lipinski definition) is 2. The van der Waals surface area contributed by atoms with E-state index in [4.69, 9.17) is 27.9 Å². The van der Waals surface area contributed by atoms with Gasteiger partial charge >= 0.3 is 0 Å². The summed E-state index contributed by atoms with van der Waals surface area (Å²) in [6.45, 7) is 4.11. The van der Waals surface area contributed by atoms with E-state index in [9.17, 15) is 4.79 Å². The van der Waals surface area contributed by atoms with E-state index in [1.807, 2.05) is 12.1 Å². The van der Waals surface area contributed by atoms with Gasteiger partial charge in [-0.25, -0.2) is 0 Å². The molecular formula is C20H23Cl2N2O2+. The van der Waals surface area contributed by atoms with Gasteiger partial charge in [-0.05, 0) is 17.7 Å². The molecule has 6 heteroatoms. The molecule has 1 fully saturated rings. The fourth-order valence-corrected chi connectivity index (χ4v) is 3.47. The Labute approximate surface area is 164 Å². The Bertz CT molecular complexity index is 740. The fraction of sp³-hybridized carbons (Fsp3) is 0.350. The van der Waals surface area contributed by atoms with Crippen molar-refractivity contribution in [1.82, 2.24) is 5.32 Å². The van der Waals surface area contributed by atoms with E-state index in [2.05, 4.69) is 29.6 Å². The van der Waals surface area contributed by atoms with Crippen LogP contribution >= 0.6 is 23.2 Å². The van der Waals surface area contributed by atoms with Gasteiger partial charge < -0.3 is 15.0 Å². The molecule has 26 heavy (non-hydrogen) atoms. The molecule has 1 saturated heterocycles. The number of halogens is 2. The first kappa shape index (κ1) is 19.2. The highest BCUT2D eigenvalue weighted by Crippen LogP contribution is 2.22. The zero-order chi connectivity index (χ0) is 18.4. The summed E-state index contributed by atoms with van der Waals surface area (Å²) in [5.41, 5.74) is 2.17. The maximum absolute atomic E-state index is 12.2. The minimum atomic E-state index is -0.0397. The van der Waals surface area contributed by atoms with Crippen LogP contribution < -0.4 is 10.2 Å². The molecule has 2 aromatic carbocycles. The van der Waals surface area contributed by atoms with Crippen molar-refractivity contribution in [3.05, 3.63) is 69.7 Å². The SMILES string of the molecule is O=C(Cc1ccc(Cl)c(Cl)c1)NC[C@H]1C[NH+](Cc2ccccc2)CCO1. The Morgan fingerprint density at radius 2 is 1.92 bits per heavy atom. The summed E-state index contributed by atoms with van der Waals surface area (Å²) in [5, 5.41) is 3.92. The maximum Gasteiger partial charge on any atom is 0.224 e. The van der Waals surface area contributed by atoms with Gasteiger partial charge in [0.1, 0.15) is 25.7 Å². The van der Waals surface area contributed by atoms with Crippen LogP contribution in [0, 0.1) is 0 Å². The number of benzene rings is 2. The Morgan fingerprint density at radius 1 is 1.12 bits per heavy atom. The van der Waals surface area contributed by atoms with E-state index >= 15 is 0 Å². The molecule has 2 N–H and O–H groups in total. The van der Waals surface area contributed by atoms with Gasteiger partial charge in [-0.2, -0.15) is 0 Å². The predicted octanol–water partition coefficient (Wildman–Crippen LogP) is 2.14. The average Bonchev–Trinajstić information content (AvgIpc) is 2.64. The molecule has 2 aromatic rings. The van der Waals surface area contributed by atoms with Crippen molar-refractivity contribution in [2.24, 2.45) is 0 Å². The standard InChI is InChI=1S/C20H22Cl2N2O2/c21-18-7-6-16(10-19(18)22)11-20(25)23-12-17-14-24(8-9-26-17)13-15-4-2-1-3-5-15/h1-7,10,17H,8-9,11-14H2,(H,23,25)/p+1/t17-/m0/s1. The van der Waals surface area contributed by atoms with E-state index in [-0.39, 0.29) is 18.4 Å². The monoisotopic (exact) mass is 393 g/mol. The quantitative estimate of drug-likeness (QED) is 0.789. The van der Waals surface area contributed by atoms with Crippen molar-refractivity contribution in [1.29, 1.82) is 0 Å². The lowest BCUT2D eigenvalue weighted by Crippen LogP contribution is -3.13. The lowest BCUT2D eigenvalue weighted by Gasteiger charge is -2.30. The number of morpholine rings is 1. The molecule has 1 unspecified atom stereocenters. The van der Waals surface area contributed by atoms with Crippen molar-refractivity contribution >= 4 is 29.1 Å². The van der Waals surface area contributed by atoms with Crippen molar-refractivity contribution in [3.8, 4) is 0 Å². The number of amides is 1. The minimum absolute atomic E-state index is 0.0397. The van der Waals surface area contributed by atoms with Crippen LogP contribution in [0.1, 0.15) is 11.1 Å². The second-order valence-corrected chi connectivity index (χ2v) is 7.40. The number of carbonyl (C=O) groups is 1. The molecule has 1 amide bonds. The minimum Gasteiger partial charge on any atom is -0.365 e. The highest BCUT2D eigenvalue weighted by Gasteiger charge is 2.24. The molecule has 0 aromatic heterocycles. The highest BCUT2D eigenvalue weighted by atomic mass is 35.5. The van der Waals surface area contributed by atoms with Gasteiger partial charge in [0.25, 0.3) is 0 Å². The van der Waals surface area contributed by atoms with Crippen molar-refractivity contribution < 1.29 is 14.4 Å². The zero-order valence-electron chi connectivity index (χ0n) is 14.5. The third kappa shape index (κ3) is 5.71. The number of hydrogen-bond acceptors (Lipinski definition) is 2. The van der Waals surface area contributed by atoms with Gasteiger partial charge in [-0.3, -0.25) is 4.79 Å². The Kier molecular flexibility index (Phi) is 6.92. The largest absolute Gasteiger partial charge is 0.365 e. The van der Waals surface area contributed by atoms with E-state index < -0.39 is 0 Å². The first-order chi connectivity index (χ1) is 12.6. The van der Waals surface area contributed by atoms with E-state index in [1.165, 1.54) is 10.5 Å². The third-order valence-corrected chi connectivity index (χ3v) is 5.24. The molecule has 3 rings (SSSR count). The van der Waals surface area contributed by atoms with Crippen LogP contribution in [0.15, 0.2) is 48.5 Å². The maximum atomic E-state index is 12.2. The third-order valence-electron chi connectivity index (χ3n) is 4.50. The van der Waals surface area contributed by atoms with Crippen LogP contribution in [0.5, 0.6) is 0 Å². The second-order valence-electron chi connectivity index (χ2n) is 6.59. The molecule has 2 atom stereocenters. The lowest BCUT2D eigenvalue weighted by atomic mass is 10.1. The molecule has 0 spiro atoms. The van der Waals surface area contributed by atoms with Gasteiger partial charge in [-0.1, -0.05) is 59.6 Å².